The van der Waals surface area contributed by atoms with E-state index >= 15 is 0 Å². The van der Waals surface area contributed by atoms with Crippen molar-refractivity contribution in [2.75, 3.05) is 43.5 Å². The molecule has 2 aliphatic rings. The van der Waals surface area contributed by atoms with Crippen LogP contribution in [0.25, 0.3) is 0 Å². The van der Waals surface area contributed by atoms with E-state index in [9.17, 15) is 4.79 Å². The predicted molar refractivity (Wildman–Crippen MR) is 114 cm³/mol. The molecule has 7 nitrogen and oxygen atoms in total. The molecule has 2 aromatic rings. The molecular formula is C21H29N5O2S. The van der Waals surface area contributed by atoms with Crippen LogP contribution in [0.2, 0.25) is 0 Å². The van der Waals surface area contributed by atoms with Crippen molar-refractivity contribution < 1.29 is 9.53 Å². The Bertz CT molecular complexity index is 807. The molecule has 156 valence electrons. The van der Waals surface area contributed by atoms with E-state index in [0.29, 0.717) is 31.6 Å². The minimum absolute atomic E-state index is 0.199. The van der Waals surface area contributed by atoms with Crippen LogP contribution in [0.15, 0.2) is 35.5 Å². The monoisotopic (exact) mass is 415 g/mol. The number of hydrogen-bond donors (Lipinski definition) is 0. The lowest BCUT2D eigenvalue weighted by Crippen LogP contribution is -2.43. The van der Waals surface area contributed by atoms with Crippen molar-refractivity contribution in [3.05, 3.63) is 35.9 Å². The number of benzene rings is 1. The standard InChI is InChI=1S/C21H29N5O2S/c1-17-7-5-6-10-25(17)19(27)16-29-21-23-22-20(24-11-13-28-14-12-24)26(21)15-18-8-3-2-4-9-18/h2-4,8-9,17H,5-7,10-16H2,1H3/t17-/m1/s1. The van der Waals surface area contributed by atoms with Crippen LogP contribution in [-0.4, -0.2) is 70.2 Å². The predicted octanol–water partition coefficient (Wildman–Crippen LogP) is 2.66. The van der Waals surface area contributed by atoms with Gasteiger partial charge in [-0.2, -0.15) is 0 Å². The normalized spacial score (nSPS) is 20.1. The van der Waals surface area contributed by atoms with Gasteiger partial charge >= 0.3 is 0 Å². The molecule has 1 aromatic heterocycles. The first kappa shape index (κ1) is 20.2. The summed E-state index contributed by atoms with van der Waals surface area (Å²) >= 11 is 1.50. The van der Waals surface area contributed by atoms with E-state index in [1.807, 2.05) is 23.1 Å². The maximum absolute atomic E-state index is 12.8. The van der Waals surface area contributed by atoms with Crippen LogP contribution in [0.1, 0.15) is 31.7 Å². The van der Waals surface area contributed by atoms with Gasteiger partial charge in [-0.1, -0.05) is 42.1 Å². The molecule has 0 bridgehead atoms. The summed E-state index contributed by atoms with van der Waals surface area (Å²) in [5, 5.41) is 9.72. The molecule has 1 aromatic carbocycles. The fraction of sp³-hybridized carbons (Fsp3) is 0.571. The number of carbonyl (C=O) groups is 1. The number of carbonyl (C=O) groups excluding carboxylic acids is 1. The highest BCUT2D eigenvalue weighted by Gasteiger charge is 2.25. The Kier molecular flexibility index (Phi) is 6.71. The van der Waals surface area contributed by atoms with Gasteiger partial charge in [0, 0.05) is 25.7 Å². The largest absolute Gasteiger partial charge is 0.378 e. The van der Waals surface area contributed by atoms with Gasteiger partial charge in [0.05, 0.1) is 25.5 Å². The summed E-state index contributed by atoms with van der Waals surface area (Å²) in [4.78, 5) is 17.0. The molecule has 0 aliphatic carbocycles. The number of rotatable bonds is 6. The van der Waals surface area contributed by atoms with Gasteiger partial charge in [-0.3, -0.25) is 9.36 Å². The maximum Gasteiger partial charge on any atom is 0.233 e. The van der Waals surface area contributed by atoms with Gasteiger partial charge in [0.15, 0.2) is 5.16 Å². The maximum atomic E-state index is 12.8. The van der Waals surface area contributed by atoms with Crippen molar-refractivity contribution >= 4 is 23.6 Å². The summed E-state index contributed by atoms with van der Waals surface area (Å²) in [7, 11) is 0. The van der Waals surface area contributed by atoms with Crippen molar-refractivity contribution in [3.8, 4) is 0 Å². The summed E-state index contributed by atoms with van der Waals surface area (Å²) in [6, 6.07) is 10.7. The molecule has 4 rings (SSSR count). The Morgan fingerprint density at radius 3 is 2.69 bits per heavy atom. The number of anilines is 1. The van der Waals surface area contributed by atoms with Crippen LogP contribution in [0.4, 0.5) is 5.95 Å². The molecule has 0 spiro atoms. The fourth-order valence-corrected chi connectivity index (χ4v) is 4.79. The molecule has 0 unspecified atom stereocenters. The SMILES string of the molecule is C[C@@H]1CCCCN1C(=O)CSc1nnc(N2CCOCC2)n1Cc1ccccc1. The molecule has 0 radical (unpaired) electrons. The van der Waals surface area contributed by atoms with Gasteiger partial charge in [0.2, 0.25) is 11.9 Å². The first-order chi connectivity index (χ1) is 14.2. The van der Waals surface area contributed by atoms with Crippen molar-refractivity contribution in [1.29, 1.82) is 0 Å². The number of likely N-dealkylation sites (tertiary alicyclic amines) is 1. The molecule has 1 atom stereocenters. The average Bonchev–Trinajstić information content (AvgIpc) is 3.16. The quantitative estimate of drug-likeness (QED) is 0.676. The Hall–Kier alpha value is -2.06. The molecule has 1 amide bonds. The van der Waals surface area contributed by atoms with E-state index in [4.69, 9.17) is 4.74 Å². The van der Waals surface area contributed by atoms with Crippen LogP contribution in [0.5, 0.6) is 0 Å². The second-order valence-electron chi connectivity index (χ2n) is 7.67. The van der Waals surface area contributed by atoms with Gasteiger partial charge in [-0.25, -0.2) is 0 Å². The molecule has 2 fully saturated rings. The molecular weight excluding hydrogens is 386 g/mol. The van der Waals surface area contributed by atoms with E-state index in [1.54, 1.807) is 0 Å². The van der Waals surface area contributed by atoms with Crippen LogP contribution in [-0.2, 0) is 16.1 Å². The second kappa shape index (κ2) is 9.63. The van der Waals surface area contributed by atoms with E-state index in [0.717, 1.165) is 43.6 Å². The summed E-state index contributed by atoms with van der Waals surface area (Å²) in [6.07, 6.45) is 3.42. The average molecular weight is 416 g/mol. The van der Waals surface area contributed by atoms with Crippen LogP contribution >= 0.6 is 11.8 Å². The number of piperidine rings is 1. The van der Waals surface area contributed by atoms with Crippen molar-refractivity contribution in [2.45, 2.75) is 43.9 Å². The fourth-order valence-electron chi connectivity index (χ4n) is 3.97. The molecule has 0 N–H and O–H groups in total. The third-order valence-electron chi connectivity index (χ3n) is 5.62. The molecule has 29 heavy (non-hydrogen) atoms. The smallest absolute Gasteiger partial charge is 0.233 e. The number of amides is 1. The van der Waals surface area contributed by atoms with Crippen LogP contribution in [0.3, 0.4) is 0 Å². The highest BCUT2D eigenvalue weighted by Crippen LogP contribution is 2.25. The zero-order valence-electron chi connectivity index (χ0n) is 17.0. The zero-order chi connectivity index (χ0) is 20.1. The summed E-state index contributed by atoms with van der Waals surface area (Å²) < 4.78 is 7.62. The van der Waals surface area contributed by atoms with Gasteiger partial charge in [-0.15, -0.1) is 10.2 Å². The van der Waals surface area contributed by atoms with Gasteiger partial charge in [0.25, 0.3) is 0 Å². The van der Waals surface area contributed by atoms with E-state index < -0.39 is 0 Å². The third kappa shape index (κ3) is 4.93. The van der Waals surface area contributed by atoms with E-state index in [1.165, 1.54) is 23.7 Å². The summed E-state index contributed by atoms with van der Waals surface area (Å²) in [5.74, 6) is 1.46. The Morgan fingerprint density at radius 2 is 1.93 bits per heavy atom. The van der Waals surface area contributed by atoms with Crippen LogP contribution < -0.4 is 4.90 Å². The van der Waals surface area contributed by atoms with Gasteiger partial charge in [-0.05, 0) is 31.7 Å². The van der Waals surface area contributed by atoms with E-state index in [2.05, 4.69) is 38.7 Å². The molecule has 0 saturated carbocycles. The second-order valence-corrected chi connectivity index (χ2v) is 8.62. The molecule has 3 heterocycles. The van der Waals surface area contributed by atoms with Crippen molar-refractivity contribution in [3.63, 3.8) is 0 Å². The molecule has 2 aliphatic heterocycles. The van der Waals surface area contributed by atoms with Crippen molar-refractivity contribution in [1.82, 2.24) is 19.7 Å². The Balaban J connectivity index is 1.50. The summed E-state index contributed by atoms with van der Waals surface area (Å²) in [5.41, 5.74) is 1.19. The lowest BCUT2D eigenvalue weighted by molar-refractivity contribution is -0.131. The minimum Gasteiger partial charge on any atom is -0.378 e. The topological polar surface area (TPSA) is 63.5 Å². The highest BCUT2D eigenvalue weighted by molar-refractivity contribution is 7.99. The minimum atomic E-state index is 0.199. The number of nitrogens with zero attached hydrogens (tertiary/aromatic N) is 5. The molecule has 2 saturated heterocycles. The first-order valence-electron chi connectivity index (χ1n) is 10.4. The number of hydrogen-bond acceptors (Lipinski definition) is 6. The summed E-state index contributed by atoms with van der Waals surface area (Å²) in [6.45, 7) is 6.73. The lowest BCUT2D eigenvalue weighted by Gasteiger charge is -2.33. The Labute approximate surface area is 176 Å². The third-order valence-corrected chi connectivity index (χ3v) is 6.57. The zero-order valence-corrected chi connectivity index (χ0v) is 17.8. The Morgan fingerprint density at radius 1 is 1.14 bits per heavy atom. The van der Waals surface area contributed by atoms with Crippen LogP contribution in [0, 0.1) is 0 Å². The highest BCUT2D eigenvalue weighted by atomic mass is 32.2. The number of ether oxygens (including phenoxy) is 1. The van der Waals surface area contributed by atoms with Gasteiger partial charge < -0.3 is 14.5 Å². The van der Waals surface area contributed by atoms with E-state index in [-0.39, 0.29) is 5.91 Å². The number of thioether (sulfide) groups is 1. The van der Waals surface area contributed by atoms with Crippen molar-refractivity contribution in [2.24, 2.45) is 0 Å². The lowest BCUT2D eigenvalue weighted by atomic mass is 10.0. The first-order valence-corrected chi connectivity index (χ1v) is 11.4. The number of aromatic nitrogens is 3. The van der Waals surface area contributed by atoms with Gasteiger partial charge in [0.1, 0.15) is 0 Å². The molecule has 8 heteroatoms. The number of morpholine rings is 1.